The normalized spacial score (nSPS) is 46.9. The fourth-order valence-corrected chi connectivity index (χ4v) is 3.78. The van der Waals surface area contributed by atoms with Gasteiger partial charge in [-0.05, 0) is 43.6 Å². The summed E-state index contributed by atoms with van der Waals surface area (Å²) >= 11 is 0. The Bertz CT molecular complexity index is 219. The molecule has 94 valence electrons. The van der Waals surface area contributed by atoms with Crippen molar-refractivity contribution in [3.63, 3.8) is 0 Å². The predicted octanol–water partition coefficient (Wildman–Crippen LogP) is 2.48. The summed E-state index contributed by atoms with van der Waals surface area (Å²) in [5.74, 6) is 2.44. The van der Waals surface area contributed by atoms with Crippen LogP contribution in [0.3, 0.4) is 0 Å². The Hall–Kier alpha value is -0.0800. The fraction of sp³-hybridized carbons (Fsp3) is 1.00. The van der Waals surface area contributed by atoms with Crippen molar-refractivity contribution in [2.75, 3.05) is 13.1 Å². The molecule has 4 atom stereocenters. The van der Waals surface area contributed by atoms with Gasteiger partial charge in [0.25, 0.3) is 0 Å². The van der Waals surface area contributed by atoms with E-state index in [0.29, 0.717) is 12.0 Å². The molecule has 4 unspecified atom stereocenters. The number of rotatable bonds is 1. The van der Waals surface area contributed by atoms with Crippen LogP contribution in [0.15, 0.2) is 0 Å². The van der Waals surface area contributed by atoms with Crippen LogP contribution in [0.5, 0.6) is 0 Å². The van der Waals surface area contributed by atoms with Gasteiger partial charge in [0.1, 0.15) is 0 Å². The van der Waals surface area contributed by atoms with Crippen molar-refractivity contribution in [1.29, 1.82) is 0 Å². The van der Waals surface area contributed by atoms with Gasteiger partial charge in [-0.2, -0.15) is 0 Å². The van der Waals surface area contributed by atoms with E-state index in [1.54, 1.807) is 0 Å². The zero-order valence-corrected chi connectivity index (χ0v) is 11.2. The Balaban J connectivity index is 2.00. The third-order valence-electron chi connectivity index (χ3n) is 4.95. The van der Waals surface area contributed by atoms with Crippen LogP contribution in [-0.2, 0) is 0 Å². The SMILES string of the molecule is CC1CCN(C2C(C)CCCC2C)CC1N. The molecule has 1 heterocycles. The highest BCUT2D eigenvalue weighted by atomic mass is 15.2. The van der Waals surface area contributed by atoms with E-state index in [-0.39, 0.29) is 0 Å². The van der Waals surface area contributed by atoms with Gasteiger partial charge in [-0.1, -0.05) is 27.2 Å². The molecule has 2 nitrogen and oxygen atoms in total. The number of hydrogen-bond donors (Lipinski definition) is 1. The van der Waals surface area contributed by atoms with E-state index in [2.05, 4.69) is 25.7 Å². The van der Waals surface area contributed by atoms with Gasteiger partial charge in [0.15, 0.2) is 0 Å². The molecule has 2 rings (SSSR count). The standard InChI is InChI=1S/C14H28N2/c1-10-7-8-16(9-13(10)15)14-11(2)5-4-6-12(14)3/h10-14H,4-9,15H2,1-3H3. The molecule has 1 aliphatic carbocycles. The molecule has 16 heavy (non-hydrogen) atoms. The molecule has 0 radical (unpaired) electrons. The highest BCUT2D eigenvalue weighted by Crippen LogP contribution is 2.34. The lowest BCUT2D eigenvalue weighted by Gasteiger charge is -2.47. The molecule has 0 bridgehead atoms. The third-order valence-corrected chi connectivity index (χ3v) is 4.95. The van der Waals surface area contributed by atoms with Gasteiger partial charge >= 0.3 is 0 Å². The van der Waals surface area contributed by atoms with Crippen LogP contribution in [0.4, 0.5) is 0 Å². The number of hydrogen-bond acceptors (Lipinski definition) is 2. The van der Waals surface area contributed by atoms with Crippen molar-refractivity contribution in [2.24, 2.45) is 23.5 Å². The van der Waals surface area contributed by atoms with Crippen LogP contribution in [0.25, 0.3) is 0 Å². The van der Waals surface area contributed by atoms with Crippen LogP contribution >= 0.6 is 0 Å². The van der Waals surface area contributed by atoms with Crippen molar-refractivity contribution >= 4 is 0 Å². The van der Waals surface area contributed by atoms with Crippen LogP contribution in [0.1, 0.15) is 46.5 Å². The molecule has 0 amide bonds. The lowest BCUT2D eigenvalue weighted by molar-refractivity contribution is 0.0353. The average molecular weight is 224 g/mol. The van der Waals surface area contributed by atoms with E-state index in [0.717, 1.165) is 24.4 Å². The number of piperidine rings is 1. The van der Waals surface area contributed by atoms with E-state index in [9.17, 15) is 0 Å². The zero-order valence-electron chi connectivity index (χ0n) is 11.2. The summed E-state index contributed by atoms with van der Waals surface area (Å²) in [5, 5.41) is 0. The summed E-state index contributed by atoms with van der Waals surface area (Å²) in [5.41, 5.74) is 6.22. The van der Waals surface area contributed by atoms with Crippen molar-refractivity contribution in [3.8, 4) is 0 Å². The van der Waals surface area contributed by atoms with Crippen LogP contribution in [-0.4, -0.2) is 30.1 Å². The minimum absolute atomic E-state index is 0.398. The molecule has 1 saturated heterocycles. The molecule has 0 aromatic rings. The molecule has 1 aliphatic heterocycles. The maximum Gasteiger partial charge on any atom is 0.0194 e. The zero-order chi connectivity index (χ0) is 11.7. The topological polar surface area (TPSA) is 29.3 Å². The summed E-state index contributed by atoms with van der Waals surface area (Å²) < 4.78 is 0. The molecule has 1 saturated carbocycles. The van der Waals surface area contributed by atoms with Gasteiger partial charge in [-0.25, -0.2) is 0 Å². The second-order valence-electron chi connectivity index (χ2n) is 6.30. The molecular weight excluding hydrogens is 196 g/mol. The molecule has 2 heteroatoms. The maximum atomic E-state index is 6.22. The Morgan fingerprint density at radius 1 is 0.938 bits per heavy atom. The molecule has 2 aliphatic rings. The molecule has 2 N–H and O–H groups in total. The van der Waals surface area contributed by atoms with Gasteiger partial charge in [-0.15, -0.1) is 0 Å². The smallest absolute Gasteiger partial charge is 0.0194 e. The van der Waals surface area contributed by atoms with E-state index < -0.39 is 0 Å². The van der Waals surface area contributed by atoms with Crippen LogP contribution < -0.4 is 5.73 Å². The van der Waals surface area contributed by atoms with Crippen molar-refractivity contribution in [2.45, 2.75) is 58.5 Å². The van der Waals surface area contributed by atoms with Gasteiger partial charge in [-0.3, -0.25) is 4.90 Å². The predicted molar refractivity (Wildman–Crippen MR) is 69.3 cm³/mol. The Kier molecular flexibility index (Phi) is 3.91. The Morgan fingerprint density at radius 2 is 1.56 bits per heavy atom. The van der Waals surface area contributed by atoms with Gasteiger partial charge in [0.05, 0.1) is 0 Å². The summed E-state index contributed by atoms with van der Waals surface area (Å²) in [7, 11) is 0. The summed E-state index contributed by atoms with van der Waals surface area (Å²) in [6, 6.07) is 1.20. The van der Waals surface area contributed by atoms with Gasteiger partial charge < -0.3 is 5.73 Å². The highest BCUT2D eigenvalue weighted by molar-refractivity contribution is 4.90. The largest absolute Gasteiger partial charge is 0.326 e. The number of likely N-dealkylation sites (tertiary alicyclic amines) is 1. The van der Waals surface area contributed by atoms with E-state index in [1.165, 1.54) is 32.2 Å². The lowest BCUT2D eigenvalue weighted by atomic mass is 9.76. The molecule has 2 fully saturated rings. The van der Waals surface area contributed by atoms with E-state index in [1.807, 2.05) is 0 Å². The molecule has 0 spiro atoms. The summed E-state index contributed by atoms with van der Waals surface area (Å²) in [4.78, 5) is 2.69. The van der Waals surface area contributed by atoms with Gasteiger partial charge in [0.2, 0.25) is 0 Å². The minimum atomic E-state index is 0.398. The quantitative estimate of drug-likeness (QED) is 0.741. The van der Waals surface area contributed by atoms with Crippen molar-refractivity contribution in [1.82, 2.24) is 4.90 Å². The van der Waals surface area contributed by atoms with Crippen LogP contribution in [0, 0.1) is 17.8 Å². The highest BCUT2D eigenvalue weighted by Gasteiger charge is 2.35. The second-order valence-corrected chi connectivity index (χ2v) is 6.30. The second kappa shape index (κ2) is 5.05. The first-order valence-electron chi connectivity index (χ1n) is 7.09. The van der Waals surface area contributed by atoms with Crippen molar-refractivity contribution < 1.29 is 0 Å². The summed E-state index contributed by atoms with van der Waals surface area (Å²) in [6.07, 6.45) is 5.54. The monoisotopic (exact) mass is 224 g/mol. The first-order valence-corrected chi connectivity index (χ1v) is 7.09. The minimum Gasteiger partial charge on any atom is -0.326 e. The lowest BCUT2D eigenvalue weighted by Crippen LogP contribution is -2.55. The fourth-order valence-electron chi connectivity index (χ4n) is 3.78. The third kappa shape index (κ3) is 2.43. The van der Waals surface area contributed by atoms with E-state index in [4.69, 9.17) is 5.73 Å². The van der Waals surface area contributed by atoms with Gasteiger partial charge in [0, 0.05) is 18.6 Å². The number of nitrogens with two attached hydrogens (primary N) is 1. The number of nitrogens with zero attached hydrogens (tertiary/aromatic N) is 1. The maximum absolute atomic E-state index is 6.22. The average Bonchev–Trinajstić information content (AvgIpc) is 2.23. The first-order chi connectivity index (χ1) is 7.59. The molecule has 0 aromatic carbocycles. The Labute approximate surface area is 101 Å². The Morgan fingerprint density at radius 3 is 2.12 bits per heavy atom. The molecular formula is C14H28N2. The first kappa shape index (κ1) is 12.4. The van der Waals surface area contributed by atoms with Crippen LogP contribution in [0.2, 0.25) is 0 Å². The summed E-state index contributed by atoms with van der Waals surface area (Å²) in [6.45, 7) is 9.57. The van der Waals surface area contributed by atoms with Crippen molar-refractivity contribution in [3.05, 3.63) is 0 Å². The molecule has 0 aromatic heterocycles. The van der Waals surface area contributed by atoms with E-state index >= 15 is 0 Å².